The Bertz CT molecular complexity index is 756. The third kappa shape index (κ3) is 5.54. The van der Waals surface area contributed by atoms with Crippen molar-refractivity contribution in [3.05, 3.63) is 42.1 Å². The van der Waals surface area contributed by atoms with Crippen molar-refractivity contribution >= 4 is 40.8 Å². The van der Waals surface area contributed by atoms with Crippen LogP contribution < -0.4 is 10.6 Å². The van der Waals surface area contributed by atoms with Crippen LogP contribution in [0.5, 0.6) is 0 Å². The van der Waals surface area contributed by atoms with Crippen molar-refractivity contribution in [1.82, 2.24) is 20.5 Å². The molecule has 0 amide bonds. The number of nitrogens with zero attached hydrogens (tertiary/aromatic N) is 3. The van der Waals surface area contributed by atoms with Gasteiger partial charge >= 0.3 is 0 Å². The van der Waals surface area contributed by atoms with Crippen LogP contribution in [0, 0.1) is 5.92 Å². The van der Waals surface area contributed by atoms with Crippen molar-refractivity contribution in [2.24, 2.45) is 10.9 Å². The van der Waals surface area contributed by atoms with Gasteiger partial charge in [0.15, 0.2) is 5.96 Å². The van der Waals surface area contributed by atoms with Crippen LogP contribution in [0.3, 0.4) is 0 Å². The summed E-state index contributed by atoms with van der Waals surface area (Å²) < 4.78 is 0. The van der Waals surface area contributed by atoms with E-state index >= 15 is 0 Å². The smallest absolute Gasteiger partial charge is 0.191 e. The highest BCUT2D eigenvalue weighted by Gasteiger charge is 2.31. The number of hydrogen-bond acceptors (Lipinski definition) is 3. The van der Waals surface area contributed by atoms with E-state index in [0.717, 1.165) is 31.1 Å². The summed E-state index contributed by atoms with van der Waals surface area (Å²) in [5.41, 5.74) is 2.23. The Kier molecular flexibility index (Phi) is 8.28. The fraction of sp³-hybridized carbons (Fsp3) is 0.524. The summed E-state index contributed by atoms with van der Waals surface area (Å²) in [6, 6.07) is 11.3. The molecule has 1 aliphatic rings. The van der Waals surface area contributed by atoms with Gasteiger partial charge in [-0.25, -0.2) is 4.99 Å². The molecule has 1 fully saturated rings. The van der Waals surface area contributed by atoms with Crippen molar-refractivity contribution in [3.8, 4) is 0 Å². The lowest BCUT2D eigenvalue weighted by Crippen LogP contribution is -2.46. The first-order chi connectivity index (χ1) is 12.6. The van der Waals surface area contributed by atoms with E-state index in [1.807, 2.05) is 18.3 Å². The number of aromatic nitrogens is 1. The summed E-state index contributed by atoms with van der Waals surface area (Å²) in [6.07, 6.45) is 1.87. The van der Waals surface area contributed by atoms with Gasteiger partial charge in [0, 0.05) is 43.3 Å². The van der Waals surface area contributed by atoms with E-state index in [0.29, 0.717) is 24.5 Å². The van der Waals surface area contributed by atoms with Gasteiger partial charge in [-0.15, -0.1) is 24.0 Å². The molecule has 2 unspecified atom stereocenters. The number of aliphatic imine (C=N–C) groups is 1. The third-order valence-electron chi connectivity index (χ3n) is 5.18. The van der Waals surface area contributed by atoms with Crippen molar-refractivity contribution in [3.63, 3.8) is 0 Å². The van der Waals surface area contributed by atoms with Gasteiger partial charge in [0.05, 0.1) is 12.1 Å². The number of hydrogen-bond donors (Lipinski definition) is 2. The van der Waals surface area contributed by atoms with Crippen LogP contribution in [0.25, 0.3) is 10.9 Å². The highest BCUT2D eigenvalue weighted by Crippen LogP contribution is 2.19. The standard InChI is InChI=1S/C21H31N5.HI/c1-5-22-21(25-20-14-26(15(2)3)13-16(20)4)24-12-17-10-11-23-19-9-7-6-8-18(17)19;/h6-11,15-16,20H,5,12-14H2,1-4H3,(H2,22,24,25);1H. The Hall–Kier alpha value is -1.41. The van der Waals surface area contributed by atoms with Gasteiger partial charge in [0.2, 0.25) is 0 Å². The largest absolute Gasteiger partial charge is 0.357 e. The summed E-state index contributed by atoms with van der Waals surface area (Å²) in [4.78, 5) is 11.8. The lowest BCUT2D eigenvalue weighted by molar-refractivity contribution is 0.265. The van der Waals surface area contributed by atoms with Crippen LogP contribution in [0.2, 0.25) is 0 Å². The molecule has 2 heterocycles. The fourth-order valence-corrected chi connectivity index (χ4v) is 3.57. The number of benzene rings is 1. The third-order valence-corrected chi connectivity index (χ3v) is 5.18. The van der Waals surface area contributed by atoms with Crippen molar-refractivity contribution in [2.45, 2.75) is 46.3 Å². The fourth-order valence-electron chi connectivity index (χ4n) is 3.57. The summed E-state index contributed by atoms with van der Waals surface area (Å²) in [7, 11) is 0. The molecule has 2 aromatic rings. The molecule has 0 saturated carbocycles. The number of guanidine groups is 1. The van der Waals surface area contributed by atoms with E-state index in [9.17, 15) is 0 Å². The van der Waals surface area contributed by atoms with Gasteiger partial charge < -0.3 is 10.6 Å². The van der Waals surface area contributed by atoms with Gasteiger partial charge in [-0.05, 0) is 44.4 Å². The molecule has 5 nitrogen and oxygen atoms in total. The van der Waals surface area contributed by atoms with Crippen molar-refractivity contribution in [1.29, 1.82) is 0 Å². The van der Waals surface area contributed by atoms with Gasteiger partial charge in [-0.1, -0.05) is 25.1 Å². The monoisotopic (exact) mass is 481 g/mol. The number of likely N-dealkylation sites (tertiary alicyclic amines) is 1. The molecule has 6 heteroatoms. The summed E-state index contributed by atoms with van der Waals surface area (Å²) >= 11 is 0. The first kappa shape index (κ1) is 21.9. The van der Waals surface area contributed by atoms with E-state index < -0.39 is 0 Å². The van der Waals surface area contributed by atoms with Gasteiger partial charge in [0.1, 0.15) is 0 Å². The van der Waals surface area contributed by atoms with Crippen LogP contribution in [0.15, 0.2) is 41.5 Å². The number of halogens is 1. The first-order valence-corrected chi connectivity index (χ1v) is 9.70. The average Bonchev–Trinajstić information content (AvgIpc) is 3.01. The second kappa shape index (κ2) is 10.2. The Morgan fingerprint density at radius 1 is 1.26 bits per heavy atom. The number of para-hydroxylation sites is 1. The molecule has 3 rings (SSSR count). The zero-order valence-electron chi connectivity index (χ0n) is 16.8. The highest BCUT2D eigenvalue weighted by molar-refractivity contribution is 14.0. The lowest BCUT2D eigenvalue weighted by Gasteiger charge is -2.22. The molecule has 0 aliphatic carbocycles. The maximum absolute atomic E-state index is 4.85. The van der Waals surface area contributed by atoms with Crippen molar-refractivity contribution < 1.29 is 0 Å². The Balaban J connectivity index is 0.00000261. The minimum Gasteiger partial charge on any atom is -0.357 e. The zero-order valence-corrected chi connectivity index (χ0v) is 19.1. The summed E-state index contributed by atoms with van der Waals surface area (Å²) in [5, 5.41) is 8.22. The number of rotatable bonds is 5. The molecule has 27 heavy (non-hydrogen) atoms. The maximum atomic E-state index is 4.85. The lowest BCUT2D eigenvalue weighted by atomic mass is 10.1. The molecule has 1 aromatic carbocycles. The van der Waals surface area contributed by atoms with E-state index in [-0.39, 0.29) is 24.0 Å². The van der Waals surface area contributed by atoms with Crippen LogP contribution >= 0.6 is 24.0 Å². The molecule has 1 aliphatic heterocycles. The molecule has 2 atom stereocenters. The highest BCUT2D eigenvalue weighted by atomic mass is 127. The molecule has 0 bridgehead atoms. The van der Waals surface area contributed by atoms with Gasteiger partial charge in [-0.2, -0.15) is 0 Å². The molecule has 0 radical (unpaired) electrons. The number of fused-ring (bicyclic) bond motifs is 1. The Labute approximate surface area is 180 Å². The predicted octanol–water partition coefficient (Wildman–Crippen LogP) is 3.64. The van der Waals surface area contributed by atoms with Crippen LogP contribution in [0.4, 0.5) is 0 Å². The van der Waals surface area contributed by atoms with E-state index in [1.165, 1.54) is 10.9 Å². The second-order valence-electron chi connectivity index (χ2n) is 7.46. The molecular formula is C21H32IN5. The van der Waals surface area contributed by atoms with Crippen LogP contribution in [0.1, 0.15) is 33.3 Å². The average molecular weight is 481 g/mol. The molecule has 0 spiro atoms. The number of pyridine rings is 1. The Morgan fingerprint density at radius 3 is 2.74 bits per heavy atom. The van der Waals surface area contributed by atoms with Gasteiger partial charge in [0.25, 0.3) is 0 Å². The summed E-state index contributed by atoms with van der Waals surface area (Å²) in [6.45, 7) is 12.7. The van der Waals surface area contributed by atoms with E-state index in [2.05, 4.69) is 66.4 Å². The minimum absolute atomic E-state index is 0. The molecule has 1 aromatic heterocycles. The SMILES string of the molecule is CCNC(=NCc1ccnc2ccccc12)NC1CN(C(C)C)CC1C.I. The normalized spacial score (nSPS) is 20.7. The van der Waals surface area contributed by atoms with Crippen LogP contribution in [-0.4, -0.2) is 47.6 Å². The van der Waals surface area contributed by atoms with E-state index in [4.69, 9.17) is 4.99 Å². The molecule has 148 valence electrons. The topological polar surface area (TPSA) is 52.6 Å². The predicted molar refractivity (Wildman–Crippen MR) is 125 cm³/mol. The van der Waals surface area contributed by atoms with Crippen molar-refractivity contribution in [2.75, 3.05) is 19.6 Å². The minimum atomic E-state index is 0. The number of nitrogens with one attached hydrogen (secondary N) is 2. The molecular weight excluding hydrogens is 449 g/mol. The zero-order chi connectivity index (χ0) is 18.5. The first-order valence-electron chi connectivity index (χ1n) is 9.70. The quantitative estimate of drug-likeness (QED) is 0.389. The Morgan fingerprint density at radius 2 is 2.04 bits per heavy atom. The molecule has 1 saturated heterocycles. The molecule has 2 N–H and O–H groups in total. The van der Waals surface area contributed by atoms with Gasteiger partial charge in [-0.3, -0.25) is 9.88 Å². The summed E-state index contributed by atoms with van der Waals surface area (Å²) in [5.74, 6) is 1.51. The van der Waals surface area contributed by atoms with Crippen LogP contribution in [-0.2, 0) is 6.54 Å². The van der Waals surface area contributed by atoms with E-state index in [1.54, 1.807) is 0 Å². The maximum Gasteiger partial charge on any atom is 0.191 e. The second-order valence-corrected chi connectivity index (χ2v) is 7.46.